The number of nitro groups is 1. The first-order valence-corrected chi connectivity index (χ1v) is 8.64. The van der Waals surface area contributed by atoms with E-state index >= 15 is 0 Å². The highest BCUT2D eigenvalue weighted by molar-refractivity contribution is 7.90. The van der Waals surface area contributed by atoms with Crippen LogP contribution in [0.1, 0.15) is 5.76 Å². The molecule has 1 aromatic heterocycles. The second kappa shape index (κ2) is 6.71. The minimum Gasteiger partial charge on any atom is -0.459 e. The highest BCUT2D eigenvalue weighted by Crippen LogP contribution is 2.30. The highest BCUT2D eigenvalue weighted by atomic mass is 32.2. The molecule has 0 unspecified atom stereocenters. The van der Waals surface area contributed by atoms with Crippen molar-refractivity contribution in [1.82, 2.24) is 5.32 Å². The molecular formula is C14H16N2O5S. The van der Waals surface area contributed by atoms with Crippen LogP contribution in [0.25, 0.3) is 11.3 Å². The van der Waals surface area contributed by atoms with Crippen molar-refractivity contribution in [3.63, 3.8) is 0 Å². The largest absolute Gasteiger partial charge is 0.459 e. The molecule has 8 heteroatoms. The zero-order valence-electron chi connectivity index (χ0n) is 12.0. The number of rotatable bonds is 7. The lowest BCUT2D eigenvalue weighted by Crippen LogP contribution is -2.21. The summed E-state index contributed by atoms with van der Waals surface area (Å²) in [4.78, 5) is 10.5. The van der Waals surface area contributed by atoms with Crippen molar-refractivity contribution >= 4 is 15.5 Å². The Morgan fingerprint density at radius 2 is 1.95 bits per heavy atom. The molecular weight excluding hydrogens is 308 g/mol. The molecule has 1 N–H and O–H groups in total. The van der Waals surface area contributed by atoms with Gasteiger partial charge in [0.1, 0.15) is 21.4 Å². The molecule has 0 fully saturated rings. The first-order chi connectivity index (χ1) is 10.4. The number of hydrogen-bond acceptors (Lipinski definition) is 6. The first-order valence-electron chi connectivity index (χ1n) is 6.58. The number of nitrogens with one attached hydrogen (secondary N) is 1. The smallest absolute Gasteiger partial charge is 0.280 e. The van der Waals surface area contributed by atoms with Crippen LogP contribution < -0.4 is 5.32 Å². The summed E-state index contributed by atoms with van der Waals surface area (Å²) < 4.78 is 27.6. The molecule has 0 atom stereocenters. The number of furan rings is 1. The fourth-order valence-electron chi connectivity index (χ4n) is 1.93. The molecule has 2 rings (SSSR count). The van der Waals surface area contributed by atoms with Crippen LogP contribution in [0.5, 0.6) is 0 Å². The minimum atomic E-state index is -3.00. The molecule has 0 aliphatic carbocycles. The zero-order valence-corrected chi connectivity index (χ0v) is 12.8. The lowest BCUT2D eigenvalue weighted by atomic mass is 10.1. The van der Waals surface area contributed by atoms with Crippen molar-refractivity contribution in [3.8, 4) is 11.3 Å². The predicted octanol–water partition coefficient (Wildman–Crippen LogP) is 1.99. The summed E-state index contributed by atoms with van der Waals surface area (Å²) in [5.74, 6) is 1.04. The molecule has 7 nitrogen and oxygen atoms in total. The molecule has 0 bridgehead atoms. The minimum absolute atomic E-state index is 0.0200. The number of nitro benzene ring substituents is 1. The van der Waals surface area contributed by atoms with Crippen LogP contribution in [-0.2, 0) is 16.4 Å². The Labute approximate surface area is 128 Å². The van der Waals surface area contributed by atoms with Crippen LogP contribution in [0.4, 0.5) is 5.69 Å². The van der Waals surface area contributed by atoms with Gasteiger partial charge in [-0.2, -0.15) is 0 Å². The Hall–Kier alpha value is -2.19. The maximum Gasteiger partial charge on any atom is 0.280 e. The Balaban J connectivity index is 2.04. The van der Waals surface area contributed by atoms with Crippen LogP contribution in [0.3, 0.4) is 0 Å². The molecule has 0 aliphatic heterocycles. The van der Waals surface area contributed by atoms with Crippen molar-refractivity contribution in [3.05, 3.63) is 52.3 Å². The number of benzene rings is 1. The summed E-state index contributed by atoms with van der Waals surface area (Å²) in [5, 5.41) is 14.0. The van der Waals surface area contributed by atoms with Crippen LogP contribution in [0, 0.1) is 10.1 Å². The average molecular weight is 324 g/mol. The maximum atomic E-state index is 11.0. The number of hydrogen-bond donors (Lipinski definition) is 1. The standard InChI is InChI=1S/C14H16N2O5S/c1-22(19,20)9-8-15-10-11-6-7-14(21-11)12-4-2-3-5-13(12)16(17)18/h2-7,15H,8-10H2,1H3. The molecule has 0 amide bonds. The molecule has 1 aromatic carbocycles. The van der Waals surface area contributed by atoms with Gasteiger partial charge < -0.3 is 9.73 Å². The van der Waals surface area contributed by atoms with E-state index in [0.717, 1.165) is 0 Å². The van der Waals surface area contributed by atoms with E-state index in [1.165, 1.54) is 12.3 Å². The monoisotopic (exact) mass is 324 g/mol. The lowest BCUT2D eigenvalue weighted by Gasteiger charge is -2.02. The van der Waals surface area contributed by atoms with Gasteiger partial charge in [-0.25, -0.2) is 8.42 Å². The van der Waals surface area contributed by atoms with Gasteiger partial charge >= 0.3 is 0 Å². The summed E-state index contributed by atoms with van der Waals surface area (Å²) in [7, 11) is -3.00. The molecule has 2 aromatic rings. The van der Waals surface area contributed by atoms with Gasteiger partial charge in [-0.3, -0.25) is 10.1 Å². The number of nitrogens with zero attached hydrogens (tertiary/aromatic N) is 1. The number of para-hydroxylation sites is 1. The van der Waals surface area contributed by atoms with E-state index in [4.69, 9.17) is 4.42 Å². The van der Waals surface area contributed by atoms with Gasteiger partial charge in [-0.05, 0) is 18.2 Å². The molecule has 22 heavy (non-hydrogen) atoms. The summed E-state index contributed by atoms with van der Waals surface area (Å²) in [6.45, 7) is 0.677. The SMILES string of the molecule is CS(=O)(=O)CCNCc1ccc(-c2ccccc2[N+](=O)[O-])o1. The van der Waals surface area contributed by atoms with Crippen molar-refractivity contribution < 1.29 is 17.8 Å². The normalized spacial score (nSPS) is 11.5. The van der Waals surface area contributed by atoms with E-state index in [-0.39, 0.29) is 11.4 Å². The summed E-state index contributed by atoms with van der Waals surface area (Å²) >= 11 is 0. The van der Waals surface area contributed by atoms with Gasteiger partial charge in [0.05, 0.1) is 22.8 Å². The van der Waals surface area contributed by atoms with Crippen molar-refractivity contribution in [1.29, 1.82) is 0 Å². The molecule has 0 saturated carbocycles. The van der Waals surface area contributed by atoms with Gasteiger partial charge in [-0.15, -0.1) is 0 Å². The Morgan fingerprint density at radius 3 is 2.64 bits per heavy atom. The lowest BCUT2D eigenvalue weighted by molar-refractivity contribution is -0.384. The van der Waals surface area contributed by atoms with Crippen LogP contribution in [-0.4, -0.2) is 31.9 Å². The quantitative estimate of drug-likeness (QED) is 0.474. The Kier molecular flexibility index (Phi) is 4.94. The van der Waals surface area contributed by atoms with E-state index in [1.54, 1.807) is 30.3 Å². The third-order valence-electron chi connectivity index (χ3n) is 2.98. The van der Waals surface area contributed by atoms with E-state index in [2.05, 4.69) is 5.32 Å². The van der Waals surface area contributed by atoms with Gasteiger partial charge in [0.25, 0.3) is 5.69 Å². The summed E-state index contributed by atoms with van der Waals surface area (Å²) in [6, 6.07) is 9.71. The van der Waals surface area contributed by atoms with Crippen LogP contribution in [0.15, 0.2) is 40.8 Å². The molecule has 1 heterocycles. The van der Waals surface area contributed by atoms with Crippen LogP contribution >= 0.6 is 0 Å². The summed E-state index contributed by atoms with van der Waals surface area (Å²) in [5.41, 5.74) is 0.392. The molecule has 0 spiro atoms. The first kappa shape index (κ1) is 16.2. The highest BCUT2D eigenvalue weighted by Gasteiger charge is 2.17. The fourth-order valence-corrected chi connectivity index (χ4v) is 2.44. The molecule has 0 aliphatic rings. The van der Waals surface area contributed by atoms with Crippen molar-refractivity contribution in [2.45, 2.75) is 6.54 Å². The van der Waals surface area contributed by atoms with E-state index in [9.17, 15) is 18.5 Å². The second-order valence-electron chi connectivity index (χ2n) is 4.85. The molecule has 0 saturated heterocycles. The summed E-state index contributed by atoms with van der Waals surface area (Å²) in [6.07, 6.45) is 1.17. The van der Waals surface area contributed by atoms with E-state index < -0.39 is 14.8 Å². The third-order valence-corrected chi connectivity index (χ3v) is 3.92. The maximum absolute atomic E-state index is 11.0. The van der Waals surface area contributed by atoms with Gasteiger partial charge in [0.15, 0.2) is 0 Å². The Bertz CT molecular complexity index is 767. The van der Waals surface area contributed by atoms with E-state index in [1.807, 2.05) is 0 Å². The number of sulfone groups is 1. The average Bonchev–Trinajstić information content (AvgIpc) is 2.91. The van der Waals surface area contributed by atoms with Crippen LogP contribution in [0.2, 0.25) is 0 Å². The van der Waals surface area contributed by atoms with Crippen molar-refractivity contribution in [2.75, 3.05) is 18.6 Å². The van der Waals surface area contributed by atoms with Gasteiger partial charge in [0.2, 0.25) is 0 Å². The molecule has 0 radical (unpaired) electrons. The second-order valence-corrected chi connectivity index (χ2v) is 7.11. The zero-order chi connectivity index (χ0) is 16.2. The van der Waals surface area contributed by atoms with Gasteiger partial charge in [-0.1, -0.05) is 12.1 Å². The third kappa shape index (κ3) is 4.40. The van der Waals surface area contributed by atoms with Crippen molar-refractivity contribution in [2.24, 2.45) is 0 Å². The van der Waals surface area contributed by atoms with Gasteiger partial charge in [0, 0.05) is 18.9 Å². The fraction of sp³-hybridized carbons (Fsp3) is 0.286. The Morgan fingerprint density at radius 1 is 1.23 bits per heavy atom. The van der Waals surface area contributed by atoms with E-state index in [0.29, 0.717) is 30.2 Å². The topological polar surface area (TPSA) is 102 Å². The molecule has 118 valence electrons. The predicted molar refractivity (Wildman–Crippen MR) is 82.2 cm³/mol.